The van der Waals surface area contributed by atoms with Crippen molar-refractivity contribution in [2.45, 2.75) is 25.6 Å². The fraction of sp³-hybridized carbons (Fsp3) is 0.179. The number of benzene rings is 3. The summed E-state index contributed by atoms with van der Waals surface area (Å²) < 4.78 is 29.7. The van der Waals surface area contributed by atoms with E-state index in [1.54, 1.807) is 47.4 Å². The minimum Gasteiger partial charge on any atom is -0.340 e. The normalized spacial score (nSPS) is 13.5. The zero-order valence-electron chi connectivity index (χ0n) is 20.2. The van der Waals surface area contributed by atoms with Crippen molar-refractivity contribution in [2.24, 2.45) is 5.73 Å². The molecule has 0 saturated heterocycles. The van der Waals surface area contributed by atoms with Crippen LogP contribution in [0.15, 0.2) is 66.7 Å². The predicted molar refractivity (Wildman–Crippen MR) is 142 cm³/mol. The highest BCUT2D eigenvalue weighted by Crippen LogP contribution is 2.34. The number of nitrogens with zero attached hydrogens (tertiary/aromatic N) is 4. The monoisotopic (exact) mass is 532 g/mol. The van der Waals surface area contributed by atoms with E-state index in [9.17, 15) is 13.6 Å². The van der Waals surface area contributed by atoms with Gasteiger partial charge in [0.05, 0.1) is 24.2 Å². The number of anilines is 2. The number of carbonyl (C=O) groups is 1. The SMILES string of the molecule is [C-]#[N+]c1ccc(C[C@H](N)C(=O)N2CCn3c(nc(-c4ccc(F)cc4)c3Nc3ccc(Cl)c(F)c3)C2)cc1. The Morgan fingerprint density at radius 3 is 2.53 bits per heavy atom. The molecule has 2 heterocycles. The maximum atomic E-state index is 14.1. The van der Waals surface area contributed by atoms with Crippen LogP contribution in [-0.4, -0.2) is 32.9 Å². The highest BCUT2D eigenvalue weighted by atomic mass is 35.5. The van der Waals surface area contributed by atoms with Gasteiger partial charge in [0, 0.05) is 24.3 Å². The molecular weight excluding hydrogens is 510 g/mol. The van der Waals surface area contributed by atoms with Crippen molar-refractivity contribution in [3.05, 3.63) is 106 Å². The Hall–Kier alpha value is -4.26. The molecule has 1 aromatic heterocycles. The third-order valence-electron chi connectivity index (χ3n) is 6.42. The lowest BCUT2D eigenvalue weighted by Crippen LogP contribution is -2.47. The smallest absolute Gasteiger partial charge is 0.240 e. The van der Waals surface area contributed by atoms with E-state index < -0.39 is 11.9 Å². The van der Waals surface area contributed by atoms with Gasteiger partial charge in [-0.05, 0) is 54.4 Å². The van der Waals surface area contributed by atoms with E-state index >= 15 is 0 Å². The van der Waals surface area contributed by atoms with E-state index in [2.05, 4.69) is 10.2 Å². The molecule has 38 heavy (non-hydrogen) atoms. The van der Waals surface area contributed by atoms with Crippen LogP contribution < -0.4 is 11.1 Å². The van der Waals surface area contributed by atoms with Crippen LogP contribution >= 0.6 is 11.6 Å². The second-order valence-corrected chi connectivity index (χ2v) is 9.39. The molecule has 3 N–H and O–H groups in total. The average molecular weight is 533 g/mol. The van der Waals surface area contributed by atoms with Gasteiger partial charge < -0.3 is 20.5 Å². The number of halogens is 3. The molecule has 1 atom stereocenters. The van der Waals surface area contributed by atoms with Crippen LogP contribution in [0.5, 0.6) is 0 Å². The van der Waals surface area contributed by atoms with Crippen LogP contribution in [-0.2, 0) is 24.3 Å². The first kappa shape index (κ1) is 25.4. The van der Waals surface area contributed by atoms with Gasteiger partial charge in [0.1, 0.15) is 29.0 Å². The van der Waals surface area contributed by atoms with Crippen LogP contribution in [0.25, 0.3) is 16.1 Å². The summed E-state index contributed by atoms with van der Waals surface area (Å²) in [6, 6.07) is 16.6. The zero-order chi connectivity index (χ0) is 26.8. The van der Waals surface area contributed by atoms with Crippen LogP contribution in [0.3, 0.4) is 0 Å². The molecule has 5 rings (SSSR count). The largest absolute Gasteiger partial charge is 0.340 e. The molecule has 0 unspecified atom stereocenters. The highest BCUT2D eigenvalue weighted by molar-refractivity contribution is 6.30. The van der Waals surface area contributed by atoms with Gasteiger partial charge in [0.25, 0.3) is 0 Å². The summed E-state index contributed by atoms with van der Waals surface area (Å²) in [4.78, 5) is 23.0. The third-order valence-corrected chi connectivity index (χ3v) is 6.73. The van der Waals surface area contributed by atoms with Crippen molar-refractivity contribution >= 4 is 34.7 Å². The quantitative estimate of drug-likeness (QED) is 0.313. The van der Waals surface area contributed by atoms with Gasteiger partial charge in [-0.2, -0.15) is 0 Å². The van der Waals surface area contributed by atoms with E-state index in [0.29, 0.717) is 53.8 Å². The lowest BCUT2D eigenvalue weighted by atomic mass is 10.0. The van der Waals surface area contributed by atoms with Gasteiger partial charge >= 0.3 is 0 Å². The Kier molecular flexibility index (Phi) is 7.09. The van der Waals surface area contributed by atoms with Crippen molar-refractivity contribution in [3.63, 3.8) is 0 Å². The van der Waals surface area contributed by atoms with Crippen molar-refractivity contribution < 1.29 is 13.6 Å². The summed E-state index contributed by atoms with van der Waals surface area (Å²) in [5.74, 6) is 0.0829. The predicted octanol–water partition coefficient (Wildman–Crippen LogP) is 5.69. The fourth-order valence-electron chi connectivity index (χ4n) is 4.45. The number of nitrogens with one attached hydrogen (secondary N) is 1. The molecule has 3 aromatic carbocycles. The van der Waals surface area contributed by atoms with Crippen LogP contribution in [0.4, 0.5) is 26.0 Å². The minimum absolute atomic E-state index is 0.0115. The molecule has 0 saturated carbocycles. The van der Waals surface area contributed by atoms with Crippen molar-refractivity contribution in [3.8, 4) is 11.3 Å². The number of rotatable bonds is 6. The van der Waals surface area contributed by atoms with Gasteiger partial charge in [-0.15, -0.1) is 0 Å². The number of fused-ring (bicyclic) bond motifs is 1. The molecule has 0 aliphatic carbocycles. The first-order valence-electron chi connectivity index (χ1n) is 11.9. The molecule has 0 radical (unpaired) electrons. The lowest BCUT2D eigenvalue weighted by Gasteiger charge is -2.30. The number of hydrogen-bond acceptors (Lipinski definition) is 4. The van der Waals surface area contributed by atoms with E-state index in [1.807, 2.05) is 4.57 Å². The summed E-state index contributed by atoms with van der Waals surface area (Å²) >= 11 is 5.84. The second-order valence-electron chi connectivity index (χ2n) is 8.99. The van der Waals surface area contributed by atoms with E-state index in [-0.39, 0.29) is 23.3 Å². The highest BCUT2D eigenvalue weighted by Gasteiger charge is 2.29. The van der Waals surface area contributed by atoms with E-state index in [0.717, 1.165) is 5.56 Å². The number of imidazole rings is 1. The van der Waals surface area contributed by atoms with Gasteiger partial charge in [0.2, 0.25) is 5.91 Å². The molecule has 1 amide bonds. The maximum Gasteiger partial charge on any atom is 0.240 e. The molecule has 0 spiro atoms. The number of nitrogens with two attached hydrogens (primary N) is 1. The first-order chi connectivity index (χ1) is 18.3. The summed E-state index contributed by atoms with van der Waals surface area (Å²) in [5, 5.41) is 3.24. The lowest BCUT2D eigenvalue weighted by molar-refractivity contribution is -0.134. The van der Waals surface area contributed by atoms with Gasteiger partial charge in [-0.1, -0.05) is 35.9 Å². The van der Waals surface area contributed by atoms with E-state index in [1.165, 1.54) is 24.3 Å². The number of amides is 1. The van der Waals surface area contributed by atoms with Gasteiger partial charge in [0.15, 0.2) is 5.69 Å². The molecule has 10 heteroatoms. The van der Waals surface area contributed by atoms with Crippen molar-refractivity contribution in [2.75, 3.05) is 11.9 Å². The standard InChI is InChI=1S/C28H23ClF2N6O/c1-33-20-8-2-17(3-9-20)14-24(32)28(38)36-12-13-37-25(16-36)35-26(18-4-6-19(30)7-5-18)27(37)34-21-10-11-22(29)23(31)15-21/h2-11,15,24,34H,12-14,16,32H2/t24-/m0/s1. The maximum absolute atomic E-state index is 14.1. The second kappa shape index (κ2) is 10.6. The number of hydrogen-bond donors (Lipinski definition) is 2. The molecule has 1 aliphatic rings. The van der Waals surface area contributed by atoms with E-state index in [4.69, 9.17) is 28.9 Å². The van der Waals surface area contributed by atoms with Crippen LogP contribution in [0.2, 0.25) is 5.02 Å². The van der Waals surface area contributed by atoms with Crippen LogP contribution in [0.1, 0.15) is 11.4 Å². The van der Waals surface area contributed by atoms with Gasteiger partial charge in [-0.3, -0.25) is 4.79 Å². The Balaban J connectivity index is 1.41. The van der Waals surface area contributed by atoms with Gasteiger partial charge in [-0.25, -0.2) is 18.6 Å². The molecular formula is C28H23ClF2N6O. The fourth-order valence-corrected chi connectivity index (χ4v) is 4.57. The first-order valence-corrected chi connectivity index (χ1v) is 12.3. The minimum atomic E-state index is -0.749. The average Bonchev–Trinajstić information content (AvgIpc) is 3.28. The van der Waals surface area contributed by atoms with Crippen molar-refractivity contribution in [1.82, 2.24) is 14.5 Å². The molecule has 4 aromatic rings. The molecule has 192 valence electrons. The Morgan fingerprint density at radius 1 is 1.11 bits per heavy atom. The summed E-state index contributed by atoms with van der Waals surface area (Å²) in [5.41, 5.74) is 9.36. The van der Waals surface area contributed by atoms with Crippen molar-refractivity contribution in [1.29, 1.82) is 0 Å². The Bertz CT molecular complexity index is 1530. The number of carbonyl (C=O) groups excluding carboxylic acids is 1. The molecule has 0 bridgehead atoms. The Morgan fingerprint density at radius 2 is 1.84 bits per heavy atom. The topological polar surface area (TPSA) is 80.5 Å². The molecule has 7 nitrogen and oxygen atoms in total. The zero-order valence-corrected chi connectivity index (χ0v) is 20.9. The third kappa shape index (κ3) is 5.23. The summed E-state index contributed by atoms with van der Waals surface area (Å²) in [6.07, 6.45) is 0.345. The molecule has 0 fully saturated rings. The Labute approximate surface area is 223 Å². The summed E-state index contributed by atoms with van der Waals surface area (Å²) in [7, 11) is 0. The van der Waals surface area contributed by atoms with Crippen LogP contribution in [0, 0.1) is 18.2 Å². The number of aromatic nitrogens is 2. The molecule has 1 aliphatic heterocycles. The summed E-state index contributed by atoms with van der Waals surface area (Å²) in [6.45, 7) is 8.13.